The maximum Gasteiger partial charge on any atom is 0.191 e. The van der Waals surface area contributed by atoms with Crippen molar-refractivity contribution in [3.05, 3.63) is 45.9 Å². The van der Waals surface area contributed by atoms with Gasteiger partial charge < -0.3 is 20.1 Å². The minimum absolute atomic E-state index is 0.0344. The van der Waals surface area contributed by atoms with Crippen molar-refractivity contribution in [2.24, 2.45) is 4.99 Å². The average molecular weight is 417 g/mol. The van der Waals surface area contributed by atoms with Gasteiger partial charge in [0.15, 0.2) is 5.96 Å². The summed E-state index contributed by atoms with van der Waals surface area (Å²) in [5.74, 6) is 1.75. The predicted molar refractivity (Wildman–Crippen MR) is 119 cm³/mol. The van der Waals surface area contributed by atoms with Crippen LogP contribution >= 0.6 is 11.3 Å². The van der Waals surface area contributed by atoms with Gasteiger partial charge in [-0.3, -0.25) is 4.99 Å². The molecule has 1 aliphatic heterocycles. The van der Waals surface area contributed by atoms with Crippen LogP contribution in [0.25, 0.3) is 0 Å². The molecule has 1 fully saturated rings. The number of nitrogens with one attached hydrogen (secondary N) is 2. The van der Waals surface area contributed by atoms with Gasteiger partial charge in [-0.15, -0.1) is 11.3 Å². The Kier molecular flexibility index (Phi) is 7.89. The van der Waals surface area contributed by atoms with Gasteiger partial charge in [0.05, 0.1) is 17.3 Å². The van der Waals surface area contributed by atoms with Crippen molar-refractivity contribution in [1.29, 1.82) is 0 Å². The summed E-state index contributed by atoms with van der Waals surface area (Å²) in [6.45, 7) is 7.92. The van der Waals surface area contributed by atoms with Gasteiger partial charge in [-0.05, 0) is 44.4 Å². The lowest BCUT2D eigenvalue weighted by Gasteiger charge is -2.38. The predicted octanol–water partition coefficient (Wildman–Crippen LogP) is 3.31. The van der Waals surface area contributed by atoms with Crippen molar-refractivity contribution in [2.75, 3.05) is 40.0 Å². The van der Waals surface area contributed by atoms with Crippen LogP contribution < -0.4 is 15.4 Å². The van der Waals surface area contributed by atoms with Crippen molar-refractivity contribution in [3.8, 4) is 5.75 Å². The fourth-order valence-electron chi connectivity index (χ4n) is 3.71. The second kappa shape index (κ2) is 10.6. The van der Waals surface area contributed by atoms with Crippen LogP contribution in [0.3, 0.4) is 0 Å². The van der Waals surface area contributed by atoms with E-state index >= 15 is 0 Å². The van der Waals surface area contributed by atoms with Gasteiger partial charge >= 0.3 is 0 Å². The van der Waals surface area contributed by atoms with E-state index in [0.717, 1.165) is 68.0 Å². The van der Waals surface area contributed by atoms with Gasteiger partial charge in [0.25, 0.3) is 0 Å². The molecule has 29 heavy (non-hydrogen) atoms. The van der Waals surface area contributed by atoms with E-state index in [4.69, 9.17) is 9.47 Å². The van der Waals surface area contributed by atoms with Crippen LogP contribution in [0, 0.1) is 6.92 Å². The van der Waals surface area contributed by atoms with Crippen LogP contribution in [-0.2, 0) is 16.6 Å². The third-order valence-electron chi connectivity index (χ3n) is 5.39. The zero-order valence-electron chi connectivity index (χ0n) is 17.7. The third kappa shape index (κ3) is 5.93. The molecule has 0 amide bonds. The molecule has 7 heteroatoms. The van der Waals surface area contributed by atoms with Gasteiger partial charge in [0.2, 0.25) is 0 Å². The number of hydrogen-bond donors (Lipinski definition) is 2. The lowest BCUT2D eigenvalue weighted by molar-refractivity contribution is 0.0513. The molecule has 1 aromatic heterocycles. The number of aromatic nitrogens is 1. The van der Waals surface area contributed by atoms with E-state index in [1.54, 1.807) is 11.3 Å². The Bertz CT molecular complexity index is 782. The van der Waals surface area contributed by atoms with Crippen molar-refractivity contribution in [1.82, 2.24) is 15.6 Å². The molecular formula is C22H32N4O2S. The molecule has 158 valence electrons. The first-order valence-corrected chi connectivity index (χ1v) is 11.2. The number of aryl methyl sites for hydroxylation is 1. The largest absolute Gasteiger partial charge is 0.494 e. The Morgan fingerprint density at radius 1 is 1.24 bits per heavy atom. The first-order chi connectivity index (χ1) is 14.1. The highest BCUT2D eigenvalue weighted by molar-refractivity contribution is 7.09. The second-order valence-corrected chi connectivity index (χ2v) is 8.37. The fraction of sp³-hybridized carbons (Fsp3) is 0.545. The van der Waals surface area contributed by atoms with Crippen LogP contribution in [0.1, 0.15) is 36.0 Å². The van der Waals surface area contributed by atoms with Crippen molar-refractivity contribution in [3.63, 3.8) is 0 Å². The SMILES string of the molecule is CCOc1ccc(C2(CNC(=NC)NCCc3csc(C)n3)CCOCC2)cc1. The summed E-state index contributed by atoms with van der Waals surface area (Å²) >= 11 is 1.69. The summed E-state index contributed by atoms with van der Waals surface area (Å²) < 4.78 is 11.3. The standard InChI is InChI=1S/C22H32N4O2S/c1-4-28-20-7-5-18(6-8-20)22(10-13-27-14-11-22)16-25-21(23-3)24-12-9-19-15-29-17(2)26-19/h5-8,15H,4,9-14,16H2,1-3H3,(H2,23,24,25). The number of hydrogen-bond acceptors (Lipinski definition) is 5. The molecule has 1 saturated heterocycles. The molecule has 6 nitrogen and oxygen atoms in total. The second-order valence-electron chi connectivity index (χ2n) is 7.31. The highest BCUT2D eigenvalue weighted by Crippen LogP contribution is 2.35. The molecule has 0 atom stereocenters. The number of aliphatic imine (C=N–C) groups is 1. The molecule has 0 aliphatic carbocycles. The highest BCUT2D eigenvalue weighted by atomic mass is 32.1. The molecule has 0 saturated carbocycles. The van der Waals surface area contributed by atoms with Crippen LogP contribution in [0.4, 0.5) is 0 Å². The van der Waals surface area contributed by atoms with E-state index in [-0.39, 0.29) is 5.41 Å². The number of rotatable bonds is 8. The number of thiazole rings is 1. The summed E-state index contributed by atoms with van der Waals surface area (Å²) in [7, 11) is 1.82. The average Bonchev–Trinajstić information content (AvgIpc) is 3.17. The van der Waals surface area contributed by atoms with Crippen LogP contribution in [-0.4, -0.2) is 50.9 Å². The van der Waals surface area contributed by atoms with Crippen molar-refractivity contribution in [2.45, 2.75) is 38.5 Å². The van der Waals surface area contributed by atoms with Crippen molar-refractivity contribution < 1.29 is 9.47 Å². The minimum Gasteiger partial charge on any atom is -0.494 e. The van der Waals surface area contributed by atoms with Gasteiger partial charge in [-0.25, -0.2) is 4.98 Å². The maximum atomic E-state index is 5.65. The summed E-state index contributed by atoms with van der Waals surface area (Å²) in [5, 5.41) is 10.2. The lowest BCUT2D eigenvalue weighted by atomic mass is 9.74. The molecular weight excluding hydrogens is 384 g/mol. The highest BCUT2D eigenvalue weighted by Gasteiger charge is 2.34. The van der Waals surface area contributed by atoms with E-state index in [1.165, 1.54) is 5.56 Å². The molecule has 2 N–H and O–H groups in total. The maximum absolute atomic E-state index is 5.65. The van der Waals surface area contributed by atoms with E-state index in [2.05, 4.69) is 50.3 Å². The summed E-state index contributed by atoms with van der Waals surface area (Å²) in [5.41, 5.74) is 2.49. The number of nitrogens with zero attached hydrogens (tertiary/aromatic N) is 2. The first-order valence-electron chi connectivity index (χ1n) is 10.3. The van der Waals surface area contributed by atoms with E-state index in [0.29, 0.717) is 6.61 Å². The summed E-state index contributed by atoms with van der Waals surface area (Å²) in [6, 6.07) is 8.52. The van der Waals surface area contributed by atoms with E-state index in [9.17, 15) is 0 Å². The Hall–Kier alpha value is -2.12. The zero-order valence-corrected chi connectivity index (χ0v) is 18.5. The number of ether oxygens (including phenoxy) is 2. The quantitative estimate of drug-likeness (QED) is 0.510. The molecule has 1 aromatic carbocycles. The fourth-order valence-corrected chi connectivity index (χ4v) is 4.35. The number of guanidine groups is 1. The first kappa shape index (κ1) is 21.6. The van der Waals surface area contributed by atoms with Crippen LogP contribution in [0.5, 0.6) is 5.75 Å². The zero-order chi connectivity index (χ0) is 20.5. The van der Waals surface area contributed by atoms with Crippen LogP contribution in [0.2, 0.25) is 0 Å². The smallest absolute Gasteiger partial charge is 0.191 e. The topological polar surface area (TPSA) is 67.8 Å². The van der Waals surface area contributed by atoms with Gasteiger partial charge in [0.1, 0.15) is 5.75 Å². The van der Waals surface area contributed by atoms with Gasteiger partial charge in [-0.2, -0.15) is 0 Å². The van der Waals surface area contributed by atoms with Gasteiger partial charge in [-0.1, -0.05) is 12.1 Å². The molecule has 0 bridgehead atoms. The molecule has 1 aliphatic rings. The Morgan fingerprint density at radius 2 is 2.00 bits per heavy atom. The molecule has 3 rings (SSSR count). The Balaban J connectivity index is 1.60. The normalized spacial score (nSPS) is 16.4. The molecule has 0 unspecified atom stereocenters. The number of benzene rings is 1. The summed E-state index contributed by atoms with van der Waals surface area (Å²) in [6.07, 6.45) is 2.87. The van der Waals surface area contributed by atoms with E-state index < -0.39 is 0 Å². The summed E-state index contributed by atoms with van der Waals surface area (Å²) in [4.78, 5) is 8.92. The molecule has 2 aromatic rings. The third-order valence-corrected chi connectivity index (χ3v) is 6.21. The van der Waals surface area contributed by atoms with Crippen LogP contribution in [0.15, 0.2) is 34.6 Å². The minimum atomic E-state index is 0.0344. The molecule has 2 heterocycles. The van der Waals surface area contributed by atoms with Gasteiger partial charge in [0, 0.05) is 50.6 Å². The Labute approximate surface area is 177 Å². The lowest BCUT2D eigenvalue weighted by Crippen LogP contribution is -2.48. The van der Waals surface area contributed by atoms with Crippen molar-refractivity contribution >= 4 is 17.3 Å². The van der Waals surface area contributed by atoms with E-state index in [1.807, 2.05) is 20.9 Å². The molecule has 0 radical (unpaired) electrons. The monoisotopic (exact) mass is 416 g/mol. The molecule has 0 spiro atoms. The Morgan fingerprint density at radius 3 is 2.62 bits per heavy atom.